The molecule has 0 unspecified atom stereocenters. The SMILES string of the molecule is COc1cc(/C=N/NC(=O)C(=O)Nc2ccc(Br)cc2)ccc1OC(=O)c1ccccc1OC. The quantitative estimate of drug-likeness (QED) is 0.159. The Morgan fingerprint density at radius 2 is 1.56 bits per heavy atom. The van der Waals surface area contributed by atoms with Crippen LogP contribution in [-0.4, -0.2) is 38.2 Å². The van der Waals surface area contributed by atoms with E-state index in [1.165, 1.54) is 26.5 Å². The summed E-state index contributed by atoms with van der Waals surface area (Å²) in [5.74, 6) is -1.57. The average Bonchev–Trinajstić information content (AvgIpc) is 2.85. The maximum absolute atomic E-state index is 12.5. The van der Waals surface area contributed by atoms with Crippen LogP contribution in [0.1, 0.15) is 15.9 Å². The predicted octanol–water partition coefficient (Wildman–Crippen LogP) is 3.77. The van der Waals surface area contributed by atoms with Crippen molar-refractivity contribution in [2.75, 3.05) is 19.5 Å². The second-order valence-electron chi connectivity index (χ2n) is 6.66. The summed E-state index contributed by atoms with van der Waals surface area (Å²) in [7, 11) is 2.88. The molecule has 0 aliphatic rings. The van der Waals surface area contributed by atoms with E-state index >= 15 is 0 Å². The van der Waals surface area contributed by atoms with Crippen molar-refractivity contribution in [2.45, 2.75) is 0 Å². The Morgan fingerprint density at radius 1 is 0.853 bits per heavy atom. The zero-order chi connectivity index (χ0) is 24.5. The fourth-order valence-corrected chi connectivity index (χ4v) is 3.02. The smallest absolute Gasteiger partial charge is 0.347 e. The first-order valence-corrected chi connectivity index (χ1v) is 10.6. The minimum Gasteiger partial charge on any atom is -0.496 e. The van der Waals surface area contributed by atoms with E-state index in [-0.39, 0.29) is 17.1 Å². The number of methoxy groups -OCH3 is 2. The summed E-state index contributed by atoms with van der Waals surface area (Å²) in [5.41, 5.74) is 3.41. The van der Waals surface area contributed by atoms with Gasteiger partial charge in [0, 0.05) is 10.2 Å². The fourth-order valence-electron chi connectivity index (χ4n) is 2.75. The summed E-state index contributed by atoms with van der Waals surface area (Å²) in [6, 6.07) is 18.1. The molecule has 0 aliphatic carbocycles. The third-order valence-corrected chi connectivity index (χ3v) is 4.93. The van der Waals surface area contributed by atoms with Gasteiger partial charge < -0.3 is 19.5 Å². The molecular weight excluding hydrogens is 506 g/mol. The van der Waals surface area contributed by atoms with Gasteiger partial charge in [0.1, 0.15) is 11.3 Å². The number of hydrazone groups is 1. The van der Waals surface area contributed by atoms with E-state index in [0.717, 1.165) is 4.47 Å². The molecule has 0 atom stereocenters. The van der Waals surface area contributed by atoms with Crippen molar-refractivity contribution in [3.63, 3.8) is 0 Å². The van der Waals surface area contributed by atoms with Crippen LogP contribution in [0.3, 0.4) is 0 Å². The van der Waals surface area contributed by atoms with Gasteiger partial charge in [-0.2, -0.15) is 5.10 Å². The van der Waals surface area contributed by atoms with Gasteiger partial charge in [-0.3, -0.25) is 9.59 Å². The van der Waals surface area contributed by atoms with Gasteiger partial charge in [0.15, 0.2) is 11.5 Å². The first-order valence-electron chi connectivity index (χ1n) is 9.84. The van der Waals surface area contributed by atoms with Gasteiger partial charge in [0.25, 0.3) is 0 Å². The highest BCUT2D eigenvalue weighted by atomic mass is 79.9. The van der Waals surface area contributed by atoms with Crippen LogP contribution < -0.4 is 25.0 Å². The Balaban J connectivity index is 1.62. The third kappa shape index (κ3) is 6.42. The number of anilines is 1. The zero-order valence-electron chi connectivity index (χ0n) is 18.2. The lowest BCUT2D eigenvalue weighted by Gasteiger charge is -2.11. The van der Waals surface area contributed by atoms with Gasteiger partial charge in [-0.25, -0.2) is 10.2 Å². The van der Waals surface area contributed by atoms with Gasteiger partial charge in [-0.05, 0) is 60.2 Å². The summed E-state index contributed by atoms with van der Waals surface area (Å²) in [4.78, 5) is 36.4. The Bertz CT molecular complexity index is 1230. The maximum Gasteiger partial charge on any atom is 0.347 e. The topological polar surface area (TPSA) is 115 Å². The number of halogens is 1. The van der Waals surface area contributed by atoms with Crippen LogP contribution in [0.25, 0.3) is 0 Å². The largest absolute Gasteiger partial charge is 0.496 e. The van der Waals surface area contributed by atoms with Crippen molar-refractivity contribution < 1.29 is 28.6 Å². The molecule has 0 saturated heterocycles. The first kappa shape index (κ1) is 24.5. The molecule has 0 bridgehead atoms. The predicted molar refractivity (Wildman–Crippen MR) is 129 cm³/mol. The molecule has 2 N–H and O–H groups in total. The van der Waals surface area contributed by atoms with Crippen LogP contribution in [-0.2, 0) is 9.59 Å². The molecule has 0 radical (unpaired) electrons. The van der Waals surface area contributed by atoms with Crippen LogP contribution in [0.5, 0.6) is 17.2 Å². The molecule has 9 nitrogen and oxygen atoms in total. The molecule has 0 aliphatic heterocycles. The number of hydrogen-bond donors (Lipinski definition) is 2. The highest BCUT2D eigenvalue weighted by Gasteiger charge is 2.17. The number of para-hydroxylation sites is 1. The number of amides is 2. The minimum atomic E-state index is -0.937. The second kappa shape index (κ2) is 11.6. The number of carbonyl (C=O) groups excluding carboxylic acids is 3. The molecule has 0 saturated carbocycles. The number of hydrogen-bond acceptors (Lipinski definition) is 7. The fraction of sp³-hybridized carbons (Fsp3) is 0.0833. The van der Waals surface area contributed by atoms with Crippen LogP contribution in [0.4, 0.5) is 5.69 Å². The van der Waals surface area contributed by atoms with E-state index in [0.29, 0.717) is 17.0 Å². The zero-order valence-corrected chi connectivity index (χ0v) is 19.8. The summed E-state index contributed by atoms with van der Waals surface area (Å²) < 4.78 is 16.8. The average molecular weight is 526 g/mol. The number of nitrogens with one attached hydrogen (secondary N) is 2. The summed E-state index contributed by atoms with van der Waals surface area (Å²) >= 11 is 3.29. The first-order chi connectivity index (χ1) is 16.4. The van der Waals surface area contributed by atoms with E-state index in [1.807, 2.05) is 0 Å². The Labute approximate surface area is 203 Å². The van der Waals surface area contributed by atoms with E-state index in [1.54, 1.807) is 60.7 Å². The molecule has 3 aromatic carbocycles. The van der Waals surface area contributed by atoms with Gasteiger partial charge in [0.05, 0.1) is 20.4 Å². The van der Waals surface area contributed by atoms with Crippen LogP contribution in [0.15, 0.2) is 76.3 Å². The Morgan fingerprint density at radius 3 is 2.26 bits per heavy atom. The highest BCUT2D eigenvalue weighted by molar-refractivity contribution is 9.10. The van der Waals surface area contributed by atoms with Crippen LogP contribution in [0, 0.1) is 0 Å². The molecule has 174 valence electrons. The third-order valence-electron chi connectivity index (χ3n) is 4.41. The van der Waals surface area contributed by atoms with Crippen molar-refractivity contribution in [1.29, 1.82) is 0 Å². The van der Waals surface area contributed by atoms with Crippen LogP contribution in [0.2, 0.25) is 0 Å². The number of esters is 1. The van der Waals surface area contributed by atoms with Crippen molar-refractivity contribution in [3.05, 3.63) is 82.3 Å². The summed E-state index contributed by atoms with van der Waals surface area (Å²) in [5, 5.41) is 6.24. The highest BCUT2D eigenvalue weighted by Crippen LogP contribution is 2.29. The number of carbonyl (C=O) groups is 3. The van der Waals surface area contributed by atoms with E-state index in [2.05, 4.69) is 31.8 Å². The number of benzene rings is 3. The van der Waals surface area contributed by atoms with Crippen molar-refractivity contribution in [1.82, 2.24) is 5.43 Å². The molecule has 0 aromatic heterocycles. The monoisotopic (exact) mass is 525 g/mol. The lowest BCUT2D eigenvalue weighted by atomic mass is 10.2. The molecule has 2 amide bonds. The van der Waals surface area contributed by atoms with Gasteiger partial charge in [-0.15, -0.1) is 0 Å². The lowest BCUT2D eigenvalue weighted by Crippen LogP contribution is -2.32. The van der Waals surface area contributed by atoms with Crippen LogP contribution >= 0.6 is 15.9 Å². The maximum atomic E-state index is 12.5. The molecule has 34 heavy (non-hydrogen) atoms. The lowest BCUT2D eigenvalue weighted by molar-refractivity contribution is -0.136. The standard InChI is InChI=1S/C24H20BrN3O6/c1-32-19-6-4-3-5-18(19)24(31)34-20-12-7-15(13-21(20)33-2)14-26-28-23(30)22(29)27-17-10-8-16(25)9-11-17/h3-14H,1-2H3,(H,27,29)(H,28,30)/b26-14+. The molecule has 0 fully saturated rings. The molecule has 10 heteroatoms. The van der Waals surface area contributed by atoms with E-state index in [4.69, 9.17) is 14.2 Å². The molecule has 0 spiro atoms. The van der Waals surface area contributed by atoms with Crippen molar-refractivity contribution in [2.24, 2.45) is 5.10 Å². The van der Waals surface area contributed by atoms with E-state index < -0.39 is 17.8 Å². The second-order valence-corrected chi connectivity index (χ2v) is 7.58. The number of nitrogens with zero attached hydrogens (tertiary/aromatic N) is 1. The summed E-state index contributed by atoms with van der Waals surface area (Å²) in [6.07, 6.45) is 1.32. The number of rotatable bonds is 7. The van der Waals surface area contributed by atoms with E-state index in [9.17, 15) is 14.4 Å². The molecule has 3 aromatic rings. The van der Waals surface area contributed by atoms with Crippen molar-refractivity contribution in [3.8, 4) is 17.2 Å². The Hall–Kier alpha value is -4.18. The summed E-state index contributed by atoms with van der Waals surface area (Å²) in [6.45, 7) is 0. The molecule has 0 heterocycles. The van der Waals surface area contributed by atoms with Crippen molar-refractivity contribution >= 4 is 45.6 Å². The molecular formula is C24H20BrN3O6. The van der Waals surface area contributed by atoms with Gasteiger partial charge in [-0.1, -0.05) is 28.1 Å². The minimum absolute atomic E-state index is 0.188. The van der Waals surface area contributed by atoms with Gasteiger partial charge in [0.2, 0.25) is 0 Å². The van der Waals surface area contributed by atoms with Gasteiger partial charge >= 0.3 is 17.8 Å². The normalized spacial score (nSPS) is 10.4. The number of ether oxygens (including phenoxy) is 3. The Kier molecular flexibility index (Phi) is 8.36. The molecule has 3 rings (SSSR count).